The van der Waals surface area contributed by atoms with Crippen LogP contribution in [0.25, 0.3) is 0 Å². The molecule has 0 nitrogen and oxygen atoms in total. The fraction of sp³-hybridized carbons (Fsp3) is 0.143. The number of halogens is 1. The van der Waals surface area contributed by atoms with Gasteiger partial charge in [-0.05, 0) is 29.8 Å². The first-order chi connectivity index (χ1) is 11.1. The lowest BCUT2D eigenvalue weighted by Crippen LogP contribution is -2.50. The highest BCUT2D eigenvalue weighted by Gasteiger charge is 2.52. The van der Waals surface area contributed by atoms with Gasteiger partial charge in [-0.1, -0.05) is 91.0 Å². The number of benzene rings is 3. The zero-order valence-corrected chi connectivity index (χ0v) is 14.5. The summed E-state index contributed by atoms with van der Waals surface area (Å²) in [6.45, 7) is 3.61. The third-order valence-corrected chi connectivity index (χ3v) is 7.16. The summed E-state index contributed by atoms with van der Waals surface area (Å²) in [7, 11) is -3.16. The van der Waals surface area contributed by atoms with Crippen LogP contribution >= 0.6 is 0 Å². The van der Waals surface area contributed by atoms with Crippen LogP contribution in [0.1, 0.15) is 16.7 Å². The Morgan fingerprint density at radius 1 is 0.565 bits per heavy atom. The first kappa shape index (κ1) is 15.7. The molecule has 0 unspecified atom stereocenters. The molecule has 3 aromatic rings. The van der Waals surface area contributed by atoms with Gasteiger partial charge in [0.25, 0.3) is 8.41 Å². The second-order valence-corrected chi connectivity index (χ2v) is 10.0. The van der Waals surface area contributed by atoms with E-state index in [0.717, 1.165) is 16.7 Å². The van der Waals surface area contributed by atoms with E-state index in [0.29, 0.717) is 0 Å². The normalized spacial score (nSPS) is 12.1. The van der Waals surface area contributed by atoms with Gasteiger partial charge < -0.3 is 4.11 Å². The largest absolute Gasteiger partial charge is 0.313 e. The maximum atomic E-state index is 15.9. The Bertz CT molecular complexity index is 649. The van der Waals surface area contributed by atoms with Gasteiger partial charge in [-0.2, -0.15) is 0 Å². The highest BCUT2D eigenvalue weighted by atomic mass is 28.4. The number of hydrogen-bond acceptors (Lipinski definition) is 0. The van der Waals surface area contributed by atoms with Gasteiger partial charge in [0, 0.05) is 0 Å². The molecule has 3 rings (SSSR count). The summed E-state index contributed by atoms with van der Waals surface area (Å²) in [5, 5.41) is -0.712. The fourth-order valence-corrected chi connectivity index (χ4v) is 6.15. The van der Waals surface area contributed by atoms with Crippen molar-refractivity contribution in [3.8, 4) is 0 Å². The molecule has 116 valence electrons. The summed E-state index contributed by atoms with van der Waals surface area (Å²) in [5.74, 6) is 0. The molecule has 23 heavy (non-hydrogen) atoms. The fourth-order valence-electron chi connectivity index (χ4n) is 3.59. The van der Waals surface area contributed by atoms with Crippen LogP contribution in [-0.4, -0.2) is 8.41 Å². The molecule has 0 heterocycles. The monoisotopic (exact) mass is 320 g/mol. The molecule has 0 aromatic heterocycles. The van der Waals surface area contributed by atoms with E-state index in [-0.39, 0.29) is 0 Å². The van der Waals surface area contributed by atoms with Crippen molar-refractivity contribution in [2.45, 2.75) is 18.1 Å². The molecular weight excluding hydrogens is 299 g/mol. The Morgan fingerprint density at radius 2 is 0.826 bits per heavy atom. The molecule has 0 amide bonds. The predicted molar refractivity (Wildman–Crippen MR) is 97.8 cm³/mol. The van der Waals surface area contributed by atoms with Crippen LogP contribution in [0.4, 0.5) is 4.11 Å². The molecule has 0 aliphatic heterocycles. The number of rotatable bonds is 4. The average molecular weight is 320 g/mol. The van der Waals surface area contributed by atoms with Gasteiger partial charge in [0.05, 0.1) is 5.04 Å². The van der Waals surface area contributed by atoms with Crippen molar-refractivity contribution < 1.29 is 4.11 Å². The minimum absolute atomic E-state index is 0.712. The third-order valence-electron chi connectivity index (χ3n) is 4.51. The summed E-state index contributed by atoms with van der Waals surface area (Å²) in [6, 6.07) is 30.2. The first-order valence-corrected chi connectivity index (χ1v) is 10.8. The van der Waals surface area contributed by atoms with Crippen molar-refractivity contribution in [1.29, 1.82) is 0 Å². The molecule has 0 saturated carbocycles. The Kier molecular flexibility index (Phi) is 4.18. The minimum atomic E-state index is -3.16. The molecule has 0 N–H and O–H groups in total. The molecule has 3 aromatic carbocycles. The smallest absolute Gasteiger partial charge is 0.260 e. The summed E-state index contributed by atoms with van der Waals surface area (Å²) in [5.41, 5.74) is 3.07. The first-order valence-electron chi connectivity index (χ1n) is 7.92. The lowest BCUT2D eigenvalue weighted by atomic mass is 9.84. The summed E-state index contributed by atoms with van der Waals surface area (Å²) < 4.78 is 15.9. The molecular formula is C21H21FSi. The zero-order valence-electron chi connectivity index (χ0n) is 13.5. The van der Waals surface area contributed by atoms with Gasteiger partial charge in [-0.25, -0.2) is 0 Å². The zero-order chi connectivity index (χ0) is 16.3. The van der Waals surface area contributed by atoms with Crippen LogP contribution in [-0.2, 0) is 5.04 Å². The molecule has 2 heteroatoms. The molecule has 0 atom stereocenters. The van der Waals surface area contributed by atoms with Gasteiger partial charge >= 0.3 is 0 Å². The SMILES string of the molecule is C[Si](C)(F)C(c1ccccc1)(c1ccccc1)c1ccccc1. The van der Waals surface area contributed by atoms with Gasteiger partial charge in [0.2, 0.25) is 0 Å². The molecule has 0 radical (unpaired) electrons. The van der Waals surface area contributed by atoms with Crippen molar-refractivity contribution in [2.75, 3.05) is 0 Å². The molecule has 0 spiro atoms. The van der Waals surface area contributed by atoms with Crippen molar-refractivity contribution in [2.24, 2.45) is 0 Å². The van der Waals surface area contributed by atoms with E-state index >= 15 is 4.11 Å². The summed E-state index contributed by atoms with van der Waals surface area (Å²) >= 11 is 0. The lowest BCUT2D eigenvalue weighted by Gasteiger charge is -2.42. The predicted octanol–water partition coefficient (Wildman–Crippen LogP) is 5.73. The van der Waals surface area contributed by atoms with Crippen LogP contribution in [0.15, 0.2) is 91.0 Å². The van der Waals surface area contributed by atoms with E-state index in [1.807, 2.05) is 91.0 Å². The van der Waals surface area contributed by atoms with E-state index in [1.165, 1.54) is 0 Å². The van der Waals surface area contributed by atoms with E-state index in [1.54, 1.807) is 13.1 Å². The minimum Gasteiger partial charge on any atom is -0.313 e. The van der Waals surface area contributed by atoms with Gasteiger partial charge in [-0.3, -0.25) is 0 Å². The van der Waals surface area contributed by atoms with Gasteiger partial charge in [-0.15, -0.1) is 0 Å². The lowest BCUT2D eigenvalue weighted by molar-refractivity contribution is 0.681. The van der Waals surface area contributed by atoms with Gasteiger partial charge in [0.15, 0.2) is 0 Å². The van der Waals surface area contributed by atoms with Crippen LogP contribution < -0.4 is 0 Å². The quantitative estimate of drug-likeness (QED) is 0.327. The maximum Gasteiger partial charge on any atom is 0.260 e. The van der Waals surface area contributed by atoms with Crippen molar-refractivity contribution in [3.05, 3.63) is 108 Å². The Hall–Kier alpha value is -2.19. The Morgan fingerprint density at radius 3 is 1.04 bits per heavy atom. The average Bonchev–Trinajstić information content (AvgIpc) is 2.57. The maximum absolute atomic E-state index is 15.9. The Labute approximate surface area is 138 Å². The second kappa shape index (κ2) is 6.13. The van der Waals surface area contributed by atoms with E-state index in [4.69, 9.17) is 0 Å². The molecule has 0 saturated heterocycles. The second-order valence-electron chi connectivity index (χ2n) is 6.32. The van der Waals surface area contributed by atoms with Gasteiger partial charge in [0.1, 0.15) is 0 Å². The van der Waals surface area contributed by atoms with Crippen LogP contribution in [0, 0.1) is 0 Å². The molecule has 0 aliphatic rings. The summed E-state index contributed by atoms with van der Waals surface area (Å²) in [6.07, 6.45) is 0. The summed E-state index contributed by atoms with van der Waals surface area (Å²) in [4.78, 5) is 0. The number of hydrogen-bond donors (Lipinski definition) is 0. The van der Waals surface area contributed by atoms with Crippen molar-refractivity contribution in [1.82, 2.24) is 0 Å². The van der Waals surface area contributed by atoms with E-state index in [2.05, 4.69) is 0 Å². The van der Waals surface area contributed by atoms with Crippen molar-refractivity contribution >= 4 is 8.41 Å². The topological polar surface area (TPSA) is 0 Å². The van der Waals surface area contributed by atoms with Crippen LogP contribution in [0.2, 0.25) is 13.1 Å². The molecule has 0 aliphatic carbocycles. The van der Waals surface area contributed by atoms with Crippen LogP contribution in [0.5, 0.6) is 0 Å². The molecule has 0 fully saturated rings. The third kappa shape index (κ3) is 2.64. The van der Waals surface area contributed by atoms with E-state index < -0.39 is 13.4 Å². The molecule has 0 bridgehead atoms. The standard InChI is InChI=1S/C21H21FSi/c1-23(2,22)21(18-12-6-3-7-13-18,19-14-8-4-9-15-19)20-16-10-5-11-17-20/h3-17H,1-2H3. The highest BCUT2D eigenvalue weighted by Crippen LogP contribution is 2.46. The van der Waals surface area contributed by atoms with Crippen molar-refractivity contribution in [3.63, 3.8) is 0 Å². The highest BCUT2D eigenvalue weighted by molar-refractivity contribution is 6.75. The van der Waals surface area contributed by atoms with E-state index in [9.17, 15) is 0 Å². The van der Waals surface area contributed by atoms with Crippen LogP contribution in [0.3, 0.4) is 0 Å². The Balaban J connectivity index is 2.41.